The molecule has 5 heteroatoms. The van der Waals surface area contributed by atoms with Crippen molar-refractivity contribution >= 4 is 11.8 Å². The fourth-order valence-corrected chi connectivity index (χ4v) is 3.71. The van der Waals surface area contributed by atoms with Crippen molar-refractivity contribution in [1.82, 2.24) is 15.5 Å². The van der Waals surface area contributed by atoms with E-state index in [1.807, 2.05) is 79.4 Å². The Hall–Kier alpha value is -2.66. The van der Waals surface area contributed by atoms with Gasteiger partial charge in [-0.15, -0.1) is 0 Å². The van der Waals surface area contributed by atoms with Gasteiger partial charge < -0.3 is 10.6 Å². The molecule has 2 aromatic carbocycles. The molecule has 30 heavy (non-hydrogen) atoms. The van der Waals surface area contributed by atoms with Crippen molar-refractivity contribution in [2.75, 3.05) is 13.1 Å². The maximum absolute atomic E-state index is 12.7. The molecule has 162 valence electrons. The minimum absolute atomic E-state index is 0.0674. The van der Waals surface area contributed by atoms with Crippen LogP contribution < -0.4 is 10.6 Å². The number of hydrogen-bond acceptors (Lipinski definition) is 3. The Morgan fingerprint density at radius 1 is 0.733 bits per heavy atom. The second-order valence-electron chi connectivity index (χ2n) is 7.78. The molecule has 0 aliphatic heterocycles. The molecule has 2 aromatic rings. The zero-order valence-electron chi connectivity index (χ0n) is 18.6. The highest BCUT2D eigenvalue weighted by atomic mass is 16.2. The first-order valence-electron chi connectivity index (χ1n) is 10.9. The first-order valence-corrected chi connectivity index (χ1v) is 10.9. The lowest BCUT2D eigenvalue weighted by Gasteiger charge is -2.30. The summed E-state index contributed by atoms with van der Waals surface area (Å²) in [5.74, 6) is -0.135. The van der Waals surface area contributed by atoms with Crippen LogP contribution in [-0.2, 0) is 9.59 Å². The lowest BCUT2D eigenvalue weighted by molar-refractivity contribution is -0.126. The van der Waals surface area contributed by atoms with Gasteiger partial charge in [0.25, 0.3) is 0 Å². The van der Waals surface area contributed by atoms with Gasteiger partial charge in [0, 0.05) is 6.04 Å². The number of amides is 2. The molecule has 0 heterocycles. The molecule has 0 saturated carbocycles. The van der Waals surface area contributed by atoms with Crippen molar-refractivity contribution in [3.63, 3.8) is 0 Å². The second-order valence-corrected chi connectivity index (χ2v) is 7.78. The maximum atomic E-state index is 12.7. The third kappa shape index (κ3) is 7.30. The first-order chi connectivity index (χ1) is 14.4. The molecular formula is C25H35N3O2. The van der Waals surface area contributed by atoms with Crippen molar-refractivity contribution in [3.8, 4) is 0 Å². The van der Waals surface area contributed by atoms with E-state index >= 15 is 0 Å². The summed E-state index contributed by atoms with van der Waals surface area (Å²) in [5, 5.41) is 6.11. The summed E-state index contributed by atoms with van der Waals surface area (Å²) < 4.78 is 0. The van der Waals surface area contributed by atoms with E-state index in [2.05, 4.69) is 24.5 Å². The van der Waals surface area contributed by atoms with Crippen LogP contribution in [0.25, 0.3) is 0 Å². The zero-order valence-corrected chi connectivity index (χ0v) is 18.6. The average Bonchev–Trinajstić information content (AvgIpc) is 2.75. The van der Waals surface area contributed by atoms with Crippen LogP contribution in [0.1, 0.15) is 63.7 Å². The number of carbonyl (C=O) groups is 2. The van der Waals surface area contributed by atoms with E-state index < -0.39 is 0 Å². The quantitative estimate of drug-likeness (QED) is 0.584. The Morgan fingerprint density at radius 3 is 1.43 bits per heavy atom. The van der Waals surface area contributed by atoms with E-state index in [0.29, 0.717) is 0 Å². The summed E-state index contributed by atoms with van der Waals surface area (Å²) in [6, 6.07) is 19.8. The first kappa shape index (κ1) is 23.6. The van der Waals surface area contributed by atoms with Crippen molar-refractivity contribution in [2.24, 2.45) is 0 Å². The number of rotatable bonds is 11. The highest BCUT2D eigenvalue weighted by molar-refractivity contribution is 5.81. The molecule has 2 amide bonds. The number of hydrogen-bond donors (Lipinski definition) is 2. The molecule has 0 saturated heterocycles. The molecule has 2 rings (SSSR count). The van der Waals surface area contributed by atoms with E-state index in [-0.39, 0.29) is 43.0 Å². The Morgan fingerprint density at radius 2 is 1.10 bits per heavy atom. The molecule has 0 aromatic heterocycles. The van der Waals surface area contributed by atoms with Crippen LogP contribution in [0.3, 0.4) is 0 Å². The number of carbonyl (C=O) groups excluding carboxylic acids is 2. The van der Waals surface area contributed by atoms with Crippen LogP contribution in [0, 0.1) is 0 Å². The van der Waals surface area contributed by atoms with Crippen LogP contribution >= 0.6 is 0 Å². The summed E-state index contributed by atoms with van der Waals surface area (Å²) in [7, 11) is 0. The number of nitrogens with zero attached hydrogens (tertiary/aromatic N) is 1. The van der Waals surface area contributed by atoms with Crippen LogP contribution in [0.5, 0.6) is 0 Å². The topological polar surface area (TPSA) is 61.4 Å². The summed E-state index contributed by atoms with van der Waals surface area (Å²) in [6.07, 6.45) is 1.78. The molecule has 2 atom stereocenters. The summed E-state index contributed by atoms with van der Waals surface area (Å²) >= 11 is 0. The Labute approximate surface area is 180 Å². The van der Waals surface area contributed by atoms with Crippen LogP contribution in [-0.4, -0.2) is 35.8 Å². The summed E-state index contributed by atoms with van der Waals surface area (Å²) in [4.78, 5) is 27.4. The molecular weight excluding hydrogens is 374 g/mol. The molecule has 5 nitrogen and oxygen atoms in total. The van der Waals surface area contributed by atoms with Crippen molar-refractivity contribution in [3.05, 3.63) is 71.8 Å². The smallest absolute Gasteiger partial charge is 0.234 e. The van der Waals surface area contributed by atoms with E-state index in [1.165, 1.54) is 0 Å². The molecule has 0 bridgehead atoms. The van der Waals surface area contributed by atoms with Gasteiger partial charge in [-0.3, -0.25) is 14.5 Å². The van der Waals surface area contributed by atoms with Crippen LogP contribution in [0.4, 0.5) is 0 Å². The standard InChI is InChI=1S/C25H35N3O2/c1-5-23(6-2)28(17-24(29)26-19(3)21-13-9-7-10-14-21)18-25(30)27-20(4)22-15-11-8-12-16-22/h7-16,19-20,23H,5-6,17-18H2,1-4H3,(H,26,29)(H,27,30)/t19-,20-/m0/s1. The lowest BCUT2D eigenvalue weighted by atomic mass is 10.1. The minimum Gasteiger partial charge on any atom is -0.348 e. The highest BCUT2D eigenvalue weighted by Gasteiger charge is 2.23. The van der Waals surface area contributed by atoms with Gasteiger partial charge in [-0.1, -0.05) is 74.5 Å². The largest absolute Gasteiger partial charge is 0.348 e. The van der Waals surface area contributed by atoms with E-state index in [9.17, 15) is 9.59 Å². The van der Waals surface area contributed by atoms with Gasteiger partial charge >= 0.3 is 0 Å². The van der Waals surface area contributed by atoms with Crippen molar-refractivity contribution < 1.29 is 9.59 Å². The zero-order chi connectivity index (χ0) is 21.9. The van der Waals surface area contributed by atoms with E-state index in [0.717, 1.165) is 24.0 Å². The molecule has 2 N–H and O–H groups in total. The fourth-order valence-electron chi connectivity index (χ4n) is 3.71. The highest BCUT2D eigenvalue weighted by Crippen LogP contribution is 2.14. The average molecular weight is 410 g/mol. The van der Waals surface area contributed by atoms with Gasteiger partial charge in [-0.2, -0.15) is 0 Å². The monoisotopic (exact) mass is 409 g/mol. The van der Waals surface area contributed by atoms with Gasteiger partial charge in [-0.05, 0) is 37.8 Å². The molecule has 0 aliphatic rings. The Balaban J connectivity index is 1.97. The minimum atomic E-state index is -0.0748. The summed E-state index contributed by atoms with van der Waals surface area (Å²) in [5.41, 5.74) is 2.13. The molecule has 0 unspecified atom stereocenters. The van der Waals surface area contributed by atoms with Crippen LogP contribution in [0.2, 0.25) is 0 Å². The lowest BCUT2D eigenvalue weighted by Crippen LogP contribution is -2.48. The normalized spacial score (nSPS) is 13.1. The van der Waals surface area contributed by atoms with Crippen LogP contribution in [0.15, 0.2) is 60.7 Å². The summed E-state index contributed by atoms with van der Waals surface area (Å²) in [6.45, 7) is 8.55. The molecule has 0 aliphatic carbocycles. The van der Waals surface area contributed by atoms with Gasteiger partial charge in [0.1, 0.15) is 0 Å². The second kappa shape index (κ2) is 12.1. The van der Waals surface area contributed by atoms with Gasteiger partial charge in [0.2, 0.25) is 11.8 Å². The predicted molar refractivity (Wildman–Crippen MR) is 122 cm³/mol. The van der Waals surface area contributed by atoms with E-state index in [4.69, 9.17) is 0 Å². The van der Waals surface area contributed by atoms with Gasteiger partial charge in [-0.25, -0.2) is 0 Å². The number of nitrogens with one attached hydrogen (secondary N) is 2. The molecule has 0 fully saturated rings. The third-order valence-electron chi connectivity index (χ3n) is 5.51. The molecule has 0 spiro atoms. The fraction of sp³-hybridized carbons (Fsp3) is 0.440. The Bertz CT molecular complexity index is 714. The predicted octanol–water partition coefficient (Wildman–Crippen LogP) is 4.23. The maximum Gasteiger partial charge on any atom is 0.234 e. The Kier molecular flexibility index (Phi) is 9.55. The number of benzene rings is 2. The SMILES string of the molecule is CCC(CC)N(CC(=O)N[C@@H](C)c1ccccc1)CC(=O)N[C@@H](C)c1ccccc1. The van der Waals surface area contributed by atoms with E-state index in [1.54, 1.807) is 0 Å². The van der Waals surface area contributed by atoms with Gasteiger partial charge in [0.15, 0.2) is 0 Å². The van der Waals surface area contributed by atoms with Crippen molar-refractivity contribution in [1.29, 1.82) is 0 Å². The van der Waals surface area contributed by atoms with Crippen molar-refractivity contribution in [2.45, 2.75) is 58.7 Å². The third-order valence-corrected chi connectivity index (χ3v) is 5.51. The van der Waals surface area contributed by atoms with Gasteiger partial charge in [0.05, 0.1) is 25.2 Å². The molecule has 0 radical (unpaired) electrons.